The first-order chi connectivity index (χ1) is 10.5. The lowest BCUT2D eigenvalue weighted by Crippen LogP contribution is -2.39. The minimum absolute atomic E-state index is 0.201. The van der Waals surface area contributed by atoms with Crippen molar-refractivity contribution in [3.05, 3.63) is 0 Å². The van der Waals surface area contributed by atoms with Gasteiger partial charge < -0.3 is 15.4 Å². The SMILES string of the molecule is CN=C(NCCCOC1CCCCC1)NCCCS(C)(=O)=O. The van der Waals surface area contributed by atoms with Crippen molar-refractivity contribution in [2.24, 2.45) is 4.99 Å². The standard InChI is InChI=1S/C15H31N3O3S/c1-16-15(18-11-7-13-22(2,19)20)17-10-6-12-21-14-8-4-3-5-9-14/h14H,3-13H2,1-2H3,(H2,16,17,18). The van der Waals surface area contributed by atoms with E-state index in [0.717, 1.165) is 19.6 Å². The van der Waals surface area contributed by atoms with Crippen molar-refractivity contribution >= 4 is 15.8 Å². The highest BCUT2D eigenvalue weighted by atomic mass is 32.2. The van der Waals surface area contributed by atoms with Crippen LogP contribution in [0.5, 0.6) is 0 Å². The Morgan fingerprint density at radius 2 is 1.77 bits per heavy atom. The first kappa shape index (κ1) is 19.2. The summed E-state index contributed by atoms with van der Waals surface area (Å²) in [6.07, 6.45) is 9.61. The van der Waals surface area contributed by atoms with Crippen LogP contribution >= 0.6 is 0 Å². The molecule has 1 saturated carbocycles. The Balaban J connectivity index is 2.01. The number of nitrogens with zero attached hydrogens (tertiary/aromatic N) is 1. The summed E-state index contributed by atoms with van der Waals surface area (Å²) in [4.78, 5) is 4.11. The molecular weight excluding hydrogens is 302 g/mol. The van der Waals surface area contributed by atoms with Gasteiger partial charge in [0.15, 0.2) is 5.96 Å². The summed E-state index contributed by atoms with van der Waals surface area (Å²) in [5, 5.41) is 6.33. The van der Waals surface area contributed by atoms with E-state index < -0.39 is 9.84 Å². The second-order valence-corrected chi connectivity index (χ2v) is 8.15. The van der Waals surface area contributed by atoms with E-state index in [9.17, 15) is 8.42 Å². The molecule has 130 valence electrons. The molecule has 1 aliphatic carbocycles. The average Bonchev–Trinajstić information content (AvgIpc) is 2.49. The van der Waals surface area contributed by atoms with Crippen LogP contribution in [-0.4, -0.2) is 59.2 Å². The number of sulfone groups is 1. The zero-order chi connectivity index (χ0) is 16.3. The van der Waals surface area contributed by atoms with Crippen molar-refractivity contribution in [2.45, 2.75) is 51.0 Å². The topological polar surface area (TPSA) is 79.8 Å². The summed E-state index contributed by atoms with van der Waals surface area (Å²) >= 11 is 0. The van der Waals surface area contributed by atoms with Gasteiger partial charge in [-0.1, -0.05) is 19.3 Å². The van der Waals surface area contributed by atoms with Crippen LogP contribution in [0.4, 0.5) is 0 Å². The number of nitrogens with one attached hydrogen (secondary N) is 2. The number of rotatable bonds is 9. The highest BCUT2D eigenvalue weighted by Crippen LogP contribution is 2.20. The number of hydrogen-bond donors (Lipinski definition) is 2. The van der Waals surface area contributed by atoms with E-state index >= 15 is 0 Å². The lowest BCUT2D eigenvalue weighted by atomic mass is 9.98. The van der Waals surface area contributed by atoms with E-state index in [1.165, 1.54) is 38.4 Å². The lowest BCUT2D eigenvalue weighted by Gasteiger charge is -2.22. The highest BCUT2D eigenvalue weighted by molar-refractivity contribution is 7.90. The van der Waals surface area contributed by atoms with Gasteiger partial charge in [0.2, 0.25) is 0 Å². The summed E-state index contributed by atoms with van der Waals surface area (Å²) in [5.41, 5.74) is 0. The minimum atomic E-state index is -2.88. The molecule has 0 atom stereocenters. The Bertz CT molecular complexity index is 418. The number of guanidine groups is 1. The van der Waals surface area contributed by atoms with Gasteiger partial charge >= 0.3 is 0 Å². The fraction of sp³-hybridized carbons (Fsp3) is 0.933. The maximum absolute atomic E-state index is 11.0. The van der Waals surface area contributed by atoms with Crippen molar-refractivity contribution in [2.75, 3.05) is 38.8 Å². The van der Waals surface area contributed by atoms with E-state index in [1.807, 2.05) is 0 Å². The van der Waals surface area contributed by atoms with E-state index in [0.29, 0.717) is 25.0 Å². The van der Waals surface area contributed by atoms with Crippen LogP contribution in [-0.2, 0) is 14.6 Å². The van der Waals surface area contributed by atoms with Crippen molar-refractivity contribution in [1.29, 1.82) is 0 Å². The third kappa shape index (κ3) is 10.00. The molecule has 0 heterocycles. The quantitative estimate of drug-likeness (QED) is 0.378. The van der Waals surface area contributed by atoms with Gasteiger partial charge in [-0.15, -0.1) is 0 Å². The molecule has 0 aromatic rings. The molecule has 0 saturated heterocycles. The van der Waals surface area contributed by atoms with Crippen LogP contribution in [0, 0.1) is 0 Å². The summed E-state index contributed by atoms with van der Waals surface area (Å²) in [7, 11) is -1.17. The Morgan fingerprint density at radius 3 is 2.36 bits per heavy atom. The van der Waals surface area contributed by atoms with Gasteiger partial charge in [0, 0.05) is 33.0 Å². The number of hydrogen-bond acceptors (Lipinski definition) is 4. The molecule has 0 spiro atoms. The lowest BCUT2D eigenvalue weighted by molar-refractivity contribution is 0.0277. The fourth-order valence-electron chi connectivity index (χ4n) is 2.52. The predicted molar refractivity (Wildman–Crippen MR) is 91.1 cm³/mol. The first-order valence-corrected chi connectivity index (χ1v) is 10.3. The highest BCUT2D eigenvalue weighted by Gasteiger charge is 2.12. The second-order valence-electron chi connectivity index (χ2n) is 5.89. The molecule has 22 heavy (non-hydrogen) atoms. The molecule has 7 heteroatoms. The average molecular weight is 333 g/mol. The van der Waals surface area contributed by atoms with Gasteiger partial charge in [-0.05, 0) is 25.7 Å². The maximum atomic E-state index is 11.0. The van der Waals surface area contributed by atoms with Crippen molar-refractivity contribution in [3.63, 3.8) is 0 Å². The summed E-state index contributed by atoms with van der Waals surface area (Å²) in [5.74, 6) is 0.915. The Morgan fingerprint density at radius 1 is 1.14 bits per heavy atom. The van der Waals surface area contributed by atoms with E-state index in [-0.39, 0.29) is 5.75 Å². The minimum Gasteiger partial charge on any atom is -0.378 e. The molecular formula is C15H31N3O3S. The zero-order valence-electron chi connectivity index (χ0n) is 13.9. The Labute approximate surface area is 135 Å². The van der Waals surface area contributed by atoms with Gasteiger partial charge in [0.25, 0.3) is 0 Å². The van der Waals surface area contributed by atoms with E-state index in [1.54, 1.807) is 7.05 Å². The molecule has 0 aliphatic heterocycles. The fourth-order valence-corrected chi connectivity index (χ4v) is 3.19. The summed E-state index contributed by atoms with van der Waals surface area (Å²) in [6.45, 7) is 2.19. The van der Waals surface area contributed by atoms with Gasteiger partial charge in [0.1, 0.15) is 9.84 Å². The first-order valence-electron chi connectivity index (χ1n) is 8.25. The number of ether oxygens (including phenoxy) is 1. The maximum Gasteiger partial charge on any atom is 0.190 e. The second kappa shape index (κ2) is 10.8. The van der Waals surface area contributed by atoms with Crippen molar-refractivity contribution in [1.82, 2.24) is 10.6 Å². The molecule has 1 fully saturated rings. The molecule has 0 amide bonds. The normalized spacial score (nSPS) is 17.5. The Hall–Kier alpha value is -0.820. The molecule has 2 N–H and O–H groups in total. The predicted octanol–water partition coefficient (Wildman–Crippen LogP) is 1.33. The largest absolute Gasteiger partial charge is 0.378 e. The third-order valence-corrected chi connectivity index (χ3v) is 4.76. The monoisotopic (exact) mass is 333 g/mol. The van der Waals surface area contributed by atoms with Crippen molar-refractivity contribution in [3.8, 4) is 0 Å². The molecule has 6 nitrogen and oxygen atoms in total. The molecule has 0 aromatic heterocycles. The Kier molecular flexibility index (Phi) is 9.47. The molecule has 0 bridgehead atoms. The van der Waals surface area contributed by atoms with Crippen LogP contribution in [0.1, 0.15) is 44.9 Å². The molecule has 0 aromatic carbocycles. The zero-order valence-corrected chi connectivity index (χ0v) is 14.8. The van der Waals surface area contributed by atoms with Gasteiger partial charge in [-0.25, -0.2) is 8.42 Å². The van der Waals surface area contributed by atoms with Gasteiger partial charge in [0.05, 0.1) is 11.9 Å². The molecule has 0 radical (unpaired) electrons. The third-order valence-electron chi connectivity index (χ3n) is 3.73. The van der Waals surface area contributed by atoms with Gasteiger partial charge in [-0.2, -0.15) is 0 Å². The van der Waals surface area contributed by atoms with Crippen LogP contribution < -0.4 is 10.6 Å². The smallest absolute Gasteiger partial charge is 0.190 e. The van der Waals surface area contributed by atoms with Crippen LogP contribution in [0.3, 0.4) is 0 Å². The molecule has 1 aliphatic rings. The van der Waals surface area contributed by atoms with Gasteiger partial charge in [-0.3, -0.25) is 4.99 Å². The van der Waals surface area contributed by atoms with Crippen LogP contribution in [0.2, 0.25) is 0 Å². The number of aliphatic imine (C=N–C) groups is 1. The van der Waals surface area contributed by atoms with Crippen LogP contribution in [0.25, 0.3) is 0 Å². The molecule has 0 unspecified atom stereocenters. The van der Waals surface area contributed by atoms with Crippen molar-refractivity contribution < 1.29 is 13.2 Å². The van der Waals surface area contributed by atoms with E-state index in [4.69, 9.17) is 4.74 Å². The van der Waals surface area contributed by atoms with E-state index in [2.05, 4.69) is 15.6 Å². The van der Waals surface area contributed by atoms with Crippen LogP contribution in [0.15, 0.2) is 4.99 Å². The summed E-state index contributed by atoms with van der Waals surface area (Å²) in [6, 6.07) is 0. The molecule has 1 rings (SSSR count). The summed E-state index contributed by atoms with van der Waals surface area (Å²) < 4.78 is 27.9.